The van der Waals surface area contributed by atoms with Gasteiger partial charge in [-0.1, -0.05) is 11.3 Å². The van der Waals surface area contributed by atoms with Gasteiger partial charge in [0.2, 0.25) is 0 Å². The van der Waals surface area contributed by atoms with Crippen LogP contribution in [0.4, 0.5) is 0 Å². The Labute approximate surface area is 109 Å². The molecule has 0 fully saturated rings. The number of nitrogens with zero attached hydrogens (tertiary/aromatic N) is 1. The monoisotopic (exact) mass is 271 g/mol. The quantitative estimate of drug-likeness (QED) is 0.906. The zero-order chi connectivity index (χ0) is 13.3. The van der Waals surface area contributed by atoms with Crippen molar-refractivity contribution >= 4 is 17.3 Å². The number of hydrogen-bond acceptors (Lipinski definition) is 4. The molecule has 0 aromatic carbocycles. The van der Waals surface area contributed by atoms with Gasteiger partial charge in [0.25, 0.3) is 0 Å². The lowest BCUT2D eigenvalue weighted by molar-refractivity contribution is -0.137. The first-order chi connectivity index (χ1) is 8.49. The van der Waals surface area contributed by atoms with Gasteiger partial charge in [-0.25, -0.2) is 0 Å². The Morgan fingerprint density at radius 1 is 1.56 bits per heavy atom. The lowest BCUT2D eigenvalue weighted by atomic mass is 10.1. The van der Waals surface area contributed by atoms with Crippen molar-refractivity contribution in [2.45, 2.75) is 51.9 Å². The third-order valence-electron chi connectivity index (χ3n) is 3.09. The molecule has 1 aliphatic heterocycles. The van der Waals surface area contributed by atoms with Crippen LogP contribution >= 0.6 is 11.3 Å². The molecule has 18 heavy (non-hydrogen) atoms. The maximum absolute atomic E-state index is 11.9. The van der Waals surface area contributed by atoms with Gasteiger partial charge in [0.15, 0.2) is 0 Å². The zero-order valence-corrected chi connectivity index (χ0v) is 11.3. The fourth-order valence-electron chi connectivity index (χ4n) is 2.32. The van der Waals surface area contributed by atoms with E-state index in [0.29, 0.717) is 13.0 Å². The summed E-state index contributed by atoms with van der Waals surface area (Å²) < 4.78 is 7.41. The maximum Gasteiger partial charge on any atom is 0.307 e. The smallest absolute Gasteiger partial charge is 0.307 e. The molecule has 0 aliphatic carbocycles. The van der Waals surface area contributed by atoms with Gasteiger partial charge in [-0.2, -0.15) is 0 Å². The van der Waals surface area contributed by atoms with Crippen molar-refractivity contribution < 1.29 is 14.6 Å². The van der Waals surface area contributed by atoms with Crippen molar-refractivity contribution in [2.75, 3.05) is 0 Å². The van der Waals surface area contributed by atoms with Gasteiger partial charge in [-0.15, -0.1) is 0 Å². The summed E-state index contributed by atoms with van der Waals surface area (Å²) in [6, 6.07) is 0. The molecule has 0 spiro atoms. The SMILES string of the molecule is CC1Cc2c(sc(=O)n2CCCC(=O)O)C(C)O1. The van der Waals surface area contributed by atoms with Crippen molar-refractivity contribution in [1.29, 1.82) is 0 Å². The van der Waals surface area contributed by atoms with E-state index in [1.54, 1.807) is 4.57 Å². The number of aromatic nitrogens is 1. The minimum Gasteiger partial charge on any atom is -0.481 e. The molecular weight excluding hydrogens is 254 g/mol. The third kappa shape index (κ3) is 2.64. The van der Waals surface area contributed by atoms with Crippen LogP contribution in [0.3, 0.4) is 0 Å². The number of aliphatic carboxylic acids is 1. The van der Waals surface area contributed by atoms with Crippen LogP contribution < -0.4 is 4.87 Å². The van der Waals surface area contributed by atoms with Crippen LogP contribution in [-0.4, -0.2) is 21.7 Å². The summed E-state index contributed by atoms with van der Waals surface area (Å²) in [5.41, 5.74) is 1.03. The molecule has 6 heteroatoms. The van der Waals surface area contributed by atoms with Crippen LogP contribution in [0, 0.1) is 0 Å². The average Bonchev–Trinajstić information content (AvgIpc) is 2.56. The van der Waals surface area contributed by atoms with Crippen LogP contribution in [0.25, 0.3) is 0 Å². The van der Waals surface area contributed by atoms with Crippen molar-refractivity contribution in [3.05, 3.63) is 20.2 Å². The number of hydrogen-bond donors (Lipinski definition) is 1. The lowest BCUT2D eigenvalue weighted by Crippen LogP contribution is -2.25. The highest BCUT2D eigenvalue weighted by atomic mass is 32.1. The van der Waals surface area contributed by atoms with E-state index in [4.69, 9.17) is 9.84 Å². The van der Waals surface area contributed by atoms with E-state index in [9.17, 15) is 9.59 Å². The molecule has 1 aliphatic rings. The molecule has 1 aromatic rings. The van der Waals surface area contributed by atoms with E-state index in [1.807, 2.05) is 13.8 Å². The van der Waals surface area contributed by atoms with E-state index < -0.39 is 5.97 Å². The molecule has 0 radical (unpaired) electrons. The van der Waals surface area contributed by atoms with Gasteiger partial charge in [0.05, 0.1) is 17.1 Å². The summed E-state index contributed by atoms with van der Waals surface area (Å²) in [6.45, 7) is 4.42. The van der Waals surface area contributed by atoms with Gasteiger partial charge in [0.1, 0.15) is 0 Å². The molecule has 5 nitrogen and oxygen atoms in total. The predicted octanol–water partition coefficient (Wildman–Crippen LogP) is 1.80. The molecule has 0 amide bonds. The van der Waals surface area contributed by atoms with Gasteiger partial charge in [-0.05, 0) is 20.3 Å². The standard InChI is InChI=1S/C12H17NO4S/c1-7-6-9-11(8(2)17-7)18-12(16)13(9)5-3-4-10(14)15/h7-8H,3-6H2,1-2H3,(H,14,15). The number of carboxylic acid groups (broad SMARTS) is 1. The maximum atomic E-state index is 11.9. The second kappa shape index (κ2) is 5.24. The van der Waals surface area contributed by atoms with Crippen LogP contribution in [0.2, 0.25) is 0 Å². The summed E-state index contributed by atoms with van der Waals surface area (Å²) >= 11 is 1.22. The predicted molar refractivity (Wildman–Crippen MR) is 68.1 cm³/mol. The Hall–Kier alpha value is -1.14. The Morgan fingerprint density at radius 3 is 2.94 bits per heavy atom. The summed E-state index contributed by atoms with van der Waals surface area (Å²) in [6.07, 6.45) is 1.38. The van der Waals surface area contributed by atoms with Crippen LogP contribution in [0.15, 0.2) is 4.79 Å². The van der Waals surface area contributed by atoms with Crippen LogP contribution in [0.1, 0.15) is 43.4 Å². The molecule has 0 bridgehead atoms. The fraction of sp³-hybridized carbons (Fsp3) is 0.667. The summed E-state index contributed by atoms with van der Waals surface area (Å²) in [5, 5.41) is 8.63. The molecule has 1 aromatic heterocycles. The number of carboxylic acids is 1. The van der Waals surface area contributed by atoms with Crippen LogP contribution in [0.5, 0.6) is 0 Å². The van der Waals surface area contributed by atoms with Crippen LogP contribution in [-0.2, 0) is 22.5 Å². The van der Waals surface area contributed by atoms with E-state index in [1.165, 1.54) is 11.3 Å². The summed E-state index contributed by atoms with van der Waals surface area (Å²) in [7, 11) is 0. The van der Waals surface area contributed by atoms with Gasteiger partial charge >= 0.3 is 10.8 Å². The summed E-state index contributed by atoms with van der Waals surface area (Å²) in [4.78, 5) is 23.4. The number of carbonyl (C=O) groups is 1. The van der Waals surface area contributed by atoms with Crippen molar-refractivity contribution in [3.63, 3.8) is 0 Å². The molecule has 2 unspecified atom stereocenters. The largest absolute Gasteiger partial charge is 0.481 e. The minimum atomic E-state index is -0.822. The van der Waals surface area contributed by atoms with Gasteiger partial charge in [-0.3, -0.25) is 9.59 Å². The minimum absolute atomic E-state index is 0.00469. The zero-order valence-electron chi connectivity index (χ0n) is 10.5. The third-order valence-corrected chi connectivity index (χ3v) is 4.27. The normalized spacial score (nSPS) is 22.8. The van der Waals surface area contributed by atoms with Gasteiger partial charge in [0, 0.05) is 25.1 Å². The van der Waals surface area contributed by atoms with E-state index in [2.05, 4.69) is 0 Å². The first-order valence-corrected chi connectivity index (χ1v) is 6.90. The Balaban J connectivity index is 2.21. The van der Waals surface area contributed by atoms with E-state index >= 15 is 0 Å². The fourth-order valence-corrected chi connectivity index (χ4v) is 3.36. The Bertz CT molecular complexity index is 505. The molecule has 2 heterocycles. The molecule has 100 valence electrons. The molecule has 2 atom stereocenters. The van der Waals surface area contributed by atoms with Crippen molar-refractivity contribution in [3.8, 4) is 0 Å². The Kier molecular flexibility index (Phi) is 3.87. The molecule has 0 saturated carbocycles. The van der Waals surface area contributed by atoms with Crippen molar-refractivity contribution in [1.82, 2.24) is 4.57 Å². The van der Waals surface area contributed by atoms with Crippen molar-refractivity contribution in [2.24, 2.45) is 0 Å². The molecule has 1 N–H and O–H groups in total. The number of fused-ring (bicyclic) bond motifs is 1. The number of thiazole rings is 1. The first-order valence-electron chi connectivity index (χ1n) is 6.08. The molecule has 2 rings (SSSR count). The Morgan fingerprint density at radius 2 is 2.28 bits per heavy atom. The second-order valence-corrected chi connectivity index (χ2v) is 5.61. The molecular formula is C12H17NO4S. The highest BCUT2D eigenvalue weighted by molar-refractivity contribution is 7.09. The highest BCUT2D eigenvalue weighted by Gasteiger charge is 2.27. The number of rotatable bonds is 4. The molecule has 0 saturated heterocycles. The lowest BCUT2D eigenvalue weighted by Gasteiger charge is -2.26. The highest BCUT2D eigenvalue weighted by Crippen LogP contribution is 2.31. The second-order valence-electron chi connectivity index (χ2n) is 4.62. The van der Waals surface area contributed by atoms with E-state index in [0.717, 1.165) is 17.0 Å². The topological polar surface area (TPSA) is 68.5 Å². The average molecular weight is 271 g/mol. The first kappa shape index (κ1) is 13.3. The van der Waals surface area contributed by atoms with E-state index in [-0.39, 0.29) is 23.5 Å². The number of ether oxygens (including phenoxy) is 1. The van der Waals surface area contributed by atoms with Gasteiger partial charge < -0.3 is 14.4 Å². The summed E-state index contributed by atoms with van der Waals surface area (Å²) in [5.74, 6) is -0.822.